The summed E-state index contributed by atoms with van der Waals surface area (Å²) in [6.07, 6.45) is 9.96. The molecule has 1 aliphatic carbocycles. The Labute approximate surface area is 163 Å². The van der Waals surface area contributed by atoms with E-state index in [1.807, 2.05) is 24.3 Å². The van der Waals surface area contributed by atoms with Crippen LogP contribution in [0.2, 0.25) is 0 Å². The van der Waals surface area contributed by atoms with Gasteiger partial charge in [0.2, 0.25) is 0 Å². The first-order chi connectivity index (χ1) is 13.3. The van der Waals surface area contributed by atoms with Gasteiger partial charge in [0.15, 0.2) is 0 Å². The van der Waals surface area contributed by atoms with Crippen LogP contribution in [-0.4, -0.2) is 42.8 Å². The number of carbonyl (C=O) groups excluding carboxylic acids is 1. The predicted octanol–water partition coefficient (Wildman–Crippen LogP) is 5.21. The third-order valence-electron chi connectivity index (χ3n) is 5.67. The van der Waals surface area contributed by atoms with Crippen molar-refractivity contribution in [2.75, 3.05) is 25.0 Å². The van der Waals surface area contributed by atoms with E-state index in [0.29, 0.717) is 24.1 Å². The second-order valence-electron chi connectivity index (χ2n) is 7.72. The van der Waals surface area contributed by atoms with Gasteiger partial charge in [-0.1, -0.05) is 38.3 Å². The number of para-hydroxylation sites is 2. The van der Waals surface area contributed by atoms with E-state index < -0.39 is 0 Å². The lowest BCUT2D eigenvalue weighted by atomic mass is 9.91. The molecule has 0 aromatic heterocycles. The summed E-state index contributed by atoms with van der Waals surface area (Å²) in [5.74, 6) is 0.713. The van der Waals surface area contributed by atoms with E-state index in [-0.39, 0.29) is 12.2 Å². The molecular weight excluding hydrogens is 340 g/mol. The van der Waals surface area contributed by atoms with Crippen molar-refractivity contribution in [1.82, 2.24) is 4.90 Å². The molecule has 5 heteroatoms. The third-order valence-corrected chi connectivity index (χ3v) is 5.67. The Balaban J connectivity index is 1.55. The number of anilines is 1. The molecule has 1 aromatic rings. The highest BCUT2D eigenvalue weighted by molar-refractivity contribution is 5.86. The average Bonchev–Trinajstić information content (AvgIpc) is 3.21. The van der Waals surface area contributed by atoms with Crippen LogP contribution in [0.25, 0.3) is 0 Å². The van der Waals surface area contributed by atoms with Gasteiger partial charge in [0.05, 0.1) is 12.3 Å². The zero-order valence-corrected chi connectivity index (χ0v) is 16.6. The van der Waals surface area contributed by atoms with Crippen LogP contribution in [0.1, 0.15) is 64.7 Å². The van der Waals surface area contributed by atoms with Gasteiger partial charge in [-0.05, 0) is 63.7 Å². The number of hydrogen-bond donors (Lipinski definition) is 1. The maximum Gasteiger partial charge on any atom is 0.412 e. The lowest BCUT2D eigenvalue weighted by Crippen LogP contribution is -2.46. The van der Waals surface area contributed by atoms with Gasteiger partial charge in [-0.25, -0.2) is 4.79 Å². The van der Waals surface area contributed by atoms with Gasteiger partial charge < -0.3 is 9.47 Å². The van der Waals surface area contributed by atoms with E-state index >= 15 is 0 Å². The summed E-state index contributed by atoms with van der Waals surface area (Å²) in [7, 11) is 0. The zero-order chi connectivity index (χ0) is 18.9. The fourth-order valence-electron chi connectivity index (χ4n) is 4.21. The van der Waals surface area contributed by atoms with Crippen molar-refractivity contribution in [1.29, 1.82) is 0 Å². The first-order valence-electron chi connectivity index (χ1n) is 10.7. The molecule has 2 atom stereocenters. The molecular formula is C22H34N2O3. The number of nitrogens with zero attached hydrogens (tertiary/aromatic N) is 1. The van der Waals surface area contributed by atoms with E-state index in [0.717, 1.165) is 51.6 Å². The average molecular weight is 375 g/mol. The summed E-state index contributed by atoms with van der Waals surface area (Å²) in [6, 6.07) is 7.98. The van der Waals surface area contributed by atoms with E-state index in [2.05, 4.69) is 17.1 Å². The van der Waals surface area contributed by atoms with Crippen LogP contribution >= 0.6 is 0 Å². The largest absolute Gasteiger partial charge is 0.491 e. The maximum absolute atomic E-state index is 12.6. The minimum absolute atomic E-state index is 0.00511. The minimum Gasteiger partial charge on any atom is -0.491 e. The molecule has 1 saturated carbocycles. The number of carbonyl (C=O) groups is 1. The van der Waals surface area contributed by atoms with Gasteiger partial charge in [-0.3, -0.25) is 10.2 Å². The summed E-state index contributed by atoms with van der Waals surface area (Å²) in [6.45, 7) is 5.12. The molecule has 150 valence electrons. The molecule has 2 fully saturated rings. The van der Waals surface area contributed by atoms with Gasteiger partial charge in [0.1, 0.15) is 11.9 Å². The molecule has 2 aliphatic rings. The molecule has 27 heavy (non-hydrogen) atoms. The van der Waals surface area contributed by atoms with Gasteiger partial charge in [-0.15, -0.1) is 0 Å². The molecule has 1 aliphatic heterocycles. The third kappa shape index (κ3) is 5.86. The number of hydrogen-bond acceptors (Lipinski definition) is 4. The number of rotatable bonds is 8. The molecule has 0 radical (unpaired) electrons. The molecule has 0 spiro atoms. The monoisotopic (exact) mass is 374 g/mol. The van der Waals surface area contributed by atoms with Crippen LogP contribution in [-0.2, 0) is 4.74 Å². The van der Waals surface area contributed by atoms with E-state index in [1.165, 1.54) is 19.3 Å². The first-order valence-corrected chi connectivity index (χ1v) is 10.7. The fourth-order valence-corrected chi connectivity index (χ4v) is 4.21. The Bertz CT molecular complexity index is 587. The van der Waals surface area contributed by atoms with Crippen LogP contribution < -0.4 is 10.1 Å². The van der Waals surface area contributed by atoms with Crippen molar-refractivity contribution >= 4 is 11.8 Å². The van der Waals surface area contributed by atoms with Crippen molar-refractivity contribution < 1.29 is 14.3 Å². The van der Waals surface area contributed by atoms with E-state index in [1.54, 1.807) is 0 Å². The van der Waals surface area contributed by atoms with Crippen molar-refractivity contribution in [2.24, 2.45) is 0 Å². The molecule has 3 rings (SSSR count). The van der Waals surface area contributed by atoms with Crippen LogP contribution in [0.3, 0.4) is 0 Å². The number of likely N-dealkylation sites (tertiary alicyclic amines) is 1. The van der Waals surface area contributed by atoms with Gasteiger partial charge in [-0.2, -0.15) is 0 Å². The zero-order valence-electron chi connectivity index (χ0n) is 16.6. The van der Waals surface area contributed by atoms with E-state index in [4.69, 9.17) is 9.47 Å². The Morgan fingerprint density at radius 3 is 2.70 bits per heavy atom. The minimum atomic E-state index is -0.365. The number of amides is 1. The van der Waals surface area contributed by atoms with Crippen molar-refractivity contribution in [2.45, 2.75) is 76.9 Å². The smallest absolute Gasteiger partial charge is 0.412 e. The highest BCUT2D eigenvalue weighted by Crippen LogP contribution is 2.29. The number of nitrogens with one attached hydrogen (secondary N) is 1. The second-order valence-corrected chi connectivity index (χ2v) is 7.72. The van der Waals surface area contributed by atoms with Crippen molar-refractivity contribution in [3.8, 4) is 5.75 Å². The van der Waals surface area contributed by atoms with Crippen LogP contribution in [0.4, 0.5) is 10.5 Å². The SMILES string of the molecule is CCCCCOc1ccccc1NC(=O)O[C@H]1CCCC[C@@H]1N1CCCC1. The molecule has 1 amide bonds. The van der Waals surface area contributed by atoms with Crippen molar-refractivity contribution in [3.63, 3.8) is 0 Å². The Morgan fingerprint density at radius 1 is 1.11 bits per heavy atom. The molecule has 1 aromatic carbocycles. The van der Waals surface area contributed by atoms with Crippen molar-refractivity contribution in [3.05, 3.63) is 24.3 Å². The molecule has 1 heterocycles. The molecule has 0 unspecified atom stereocenters. The van der Waals surface area contributed by atoms with E-state index in [9.17, 15) is 4.79 Å². The molecule has 1 saturated heterocycles. The Morgan fingerprint density at radius 2 is 1.89 bits per heavy atom. The molecule has 5 nitrogen and oxygen atoms in total. The summed E-state index contributed by atoms with van der Waals surface area (Å²) in [4.78, 5) is 15.1. The number of ether oxygens (including phenoxy) is 2. The Hall–Kier alpha value is -1.75. The van der Waals surface area contributed by atoms with Gasteiger partial charge in [0, 0.05) is 6.04 Å². The Kier molecular flexibility index (Phi) is 7.81. The standard InChI is InChI=1S/C22H34N2O3/c1-2-3-10-17-26-20-13-6-4-11-18(20)23-22(25)27-21-14-7-5-12-19(21)24-15-8-9-16-24/h4,6,11,13,19,21H,2-3,5,7-10,12,14-17H2,1H3,(H,23,25)/t19-,21-/m0/s1. The van der Waals surface area contributed by atoms with Crippen LogP contribution in [0, 0.1) is 0 Å². The summed E-state index contributed by atoms with van der Waals surface area (Å²) in [5, 5.41) is 2.91. The summed E-state index contributed by atoms with van der Waals surface area (Å²) >= 11 is 0. The molecule has 0 bridgehead atoms. The topological polar surface area (TPSA) is 50.8 Å². The fraction of sp³-hybridized carbons (Fsp3) is 0.682. The van der Waals surface area contributed by atoms with Gasteiger partial charge >= 0.3 is 6.09 Å². The lowest BCUT2D eigenvalue weighted by Gasteiger charge is -2.37. The predicted molar refractivity (Wildman–Crippen MR) is 108 cm³/mol. The highest BCUT2D eigenvalue weighted by Gasteiger charge is 2.34. The highest BCUT2D eigenvalue weighted by atomic mass is 16.6. The number of unbranched alkanes of at least 4 members (excludes halogenated alkanes) is 2. The number of benzene rings is 1. The molecule has 1 N–H and O–H groups in total. The van der Waals surface area contributed by atoms with Crippen LogP contribution in [0.5, 0.6) is 5.75 Å². The lowest BCUT2D eigenvalue weighted by molar-refractivity contribution is 0.0176. The quantitative estimate of drug-likeness (QED) is 0.635. The second kappa shape index (κ2) is 10.5. The summed E-state index contributed by atoms with van der Waals surface area (Å²) < 4.78 is 11.7. The first kappa shape index (κ1) is 20.0. The summed E-state index contributed by atoms with van der Waals surface area (Å²) in [5.41, 5.74) is 0.688. The van der Waals surface area contributed by atoms with Gasteiger partial charge in [0.25, 0.3) is 0 Å². The maximum atomic E-state index is 12.6. The normalized spacial score (nSPS) is 23.1. The van der Waals surface area contributed by atoms with Crippen LogP contribution in [0.15, 0.2) is 24.3 Å².